The zero-order chi connectivity index (χ0) is 23.8. The third-order valence-corrected chi connectivity index (χ3v) is 8.18. The van der Waals surface area contributed by atoms with Gasteiger partial charge in [-0.2, -0.15) is 0 Å². The van der Waals surface area contributed by atoms with Gasteiger partial charge in [0, 0.05) is 11.8 Å². The molecule has 33 heavy (non-hydrogen) atoms. The fourth-order valence-electron chi connectivity index (χ4n) is 5.10. The summed E-state index contributed by atoms with van der Waals surface area (Å²) in [5.41, 5.74) is 1.65. The maximum absolute atomic E-state index is 6.50. The van der Waals surface area contributed by atoms with Gasteiger partial charge in [0.1, 0.15) is 0 Å². The Hall–Kier alpha value is 0.0200. The predicted octanol–water partition coefficient (Wildman–Crippen LogP) is 11.7. The molecule has 1 aliphatic rings. The van der Waals surface area contributed by atoms with Crippen LogP contribution in [0.4, 0.5) is 0 Å². The Kier molecular flexibility index (Phi) is 22.3. The van der Waals surface area contributed by atoms with Crippen molar-refractivity contribution in [3.8, 4) is 0 Å². The summed E-state index contributed by atoms with van der Waals surface area (Å²) in [7, 11) is 0. The fraction of sp³-hybridized carbons (Fsp3) is 0.935. The number of alkyl halides is 1. The smallest absolute Gasteiger partial charge is 0.0951 e. The van der Waals surface area contributed by atoms with E-state index in [0.29, 0.717) is 0 Å². The topological polar surface area (TPSA) is 9.23 Å². The Morgan fingerprint density at radius 3 is 1.70 bits per heavy atom. The highest BCUT2D eigenvalue weighted by Gasteiger charge is 2.16. The van der Waals surface area contributed by atoms with E-state index in [1.54, 1.807) is 5.57 Å². The quantitative estimate of drug-likeness (QED) is 0.0652. The lowest BCUT2D eigenvalue weighted by Gasteiger charge is -2.24. The zero-order valence-corrected chi connectivity index (χ0v) is 24.3. The summed E-state index contributed by atoms with van der Waals surface area (Å²) in [6.45, 7) is 5.60. The standard InChI is InChI=1S/C31H59BrO/c1-3-5-7-9-12-16-21-29(22-17-13-10-8-6-4-2)26-28-33-31(30-23-20-24-30)25-18-14-11-15-19-27-32/h29H,3-28H2,1-2H3. The minimum atomic E-state index is 0.888. The molecule has 1 rings (SSSR count). The summed E-state index contributed by atoms with van der Waals surface area (Å²) >= 11 is 3.55. The largest absolute Gasteiger partial charge is 0.498 e. The van der Waals surface area contributed by atoms with E-state index < -0.39 is 0 Å². The Balaban J connectivity index is 2.32. The number of hydrogen-bond donors (Lipinski definition) is 0. The van der Waals surface area contributed by atoms with Crippen LogP contribution < -0.4 is 0 Å². The van der Waals surface area contributed by atoms with E-state index in [4.69, 9.17) is 4.74 Å². The van der Waals surface area contributed by atoms with Crippen molar-refractivity contribution in [2.24, 2.45) is 5.92 Å². The zero-order valence-electron chi connectivity index (χ0n) is 22.7. The van der Waals surface area contributed by atoms with Crippen LogP contribution in [0.15, 0.2) is 11.3 Å². The van der Waals surface area contributed by atoms with Crippen molar-refractivity contribution >= 4 is 15.9 Å². The molecular formula is C31H59BrO. The van der Waals surface area contributed by atoms with Crippen LogP contribution in [0.25, 0.3) is 0 Å². The monoisotopic (exact) mass is 526 g/mol. The molecule has 0 aromatic rings. The minimum Gasteiger partial charge on any atom is -0.498 e. The molecule has 0 unspecified atom stereocenters. The van der Waals surface area contributed by atoms with Crippen molar-refractivity contribution in [2.45, 2.75) is 168 Å². The third-order valence-electron chi connectivity index (χ3n) is 7.62. The van der Waals surface area contributed by atoms with Gasteiger partial charge in [0.05, 0.1) is 12.4 Å². The van der Waals surface area contributed by atoms with Gasteiger partial charge >= 0.3 is 0 Å². The first-order valence-electron chi connectivity index (χ1n) is 15.2. The summed E-state index contributed by atoms with van der Waals surface area (Å²) in [4.78, 5) is 0. The van der Waals surface area contributed by atoms with E-state index in [9.17, 15) is 0 Å². The van der Waals surface area contributed by atoms with Gasteiger partial charge in [-0.15, -0.1) is 0 Å². The van der Waals surface area contributed by atoms with E-state index in [1.807, 2.05) is 0 Å². The van der Waals surface area contributed by atoms with Crippen LogP contribution in [-0.2, 0) is 4.74 Å². The molecule has 1 nitrogen and oxygen atoms in total. The molecule has 0 aromatic carbocycles. The van der Waals surface area contributed by atoms with Gasteiger partial charge in [-0.25, -0.2) is 0 Å². The minimum absolute atomic E-state index is 0.888. The molecule has 0 saturated heterocycles. The number of rotatable bonds is 25. The second-order valence-corrected chi connectivity index (χ2v) is 11.5. The van der Waals surface area contributed by atoms with Gasteiger partial charge in [0.25, 0.3) is 0 Å². The highest BCUT2D eigenvalue weighted by Crippen LogP contribution is 2.32. The van der Waals surface area contributed by atoms with Crippen LogP contribution in [0.1, 0.15) is 168 Å². The molecule has 1 aliphatic carbocycles. The van der Waals surface area contributed by atoms with E-state index in [2.05, 4.69) is 29.8 Å². The maximum Gasteiger partial charge on any atom is 0.0951 e. The van der Waals surface area contributed by atoms with E-state index in [-0.39, 0.29) is 0 Å². The molecule has 196 valence electrons. The fourth-order valence-corrected chi connectivity index (χ4v) is 5.50. The first kappa shape index (κ1) is 31.1. The molecule has 0 spiro atoms. The van der Waals surface area contributed by atoms with Crippen LogP contribution in [0.5, 0.6) is 0 Å². The second-order valence-electron chi connectivity index (χ2n) is 10.7. The lowest BCUT2D eigenvalue weighted by Crippen LogP contribution is -2.10. The molecule has 0 N–H and O–H groups in total. The Morgan fingerprint density at radius 1 is 0.667 bits per heavy atom. The van der Waals surface area contributed by atoms with Crippen molar-refractivity contribution in [3.05, 3.63) is 11.3 Å². The highest BCUT2D eigenvalue weighted by molar-refractivity contribution is 9.09. The summed E-state index contributed by atoms with van der Waals surface area (Å²) in [6, 6.07) is 0. The summed E-state index contributed by atoms with van der Waals surface area (Å²) < 4.78 is 6.50. The van der Waals surface area contributed by atoms with Gasteiger partial charge in [0.2, 0.25) is 0 Å². The van der Waals surface area contributed by atoms with Crippen molar-refractivity contribution in [1.29, 1.82) is 0 Å². The summed E-state index contributed by atoms with van der Waals surface area (Å²) in [5, 5.41) is 1.16. The Labute approximate surface area is 217 Å². The van der Waals surface area contributed by atoms with Crippen LogP contribution in [0.2, 0.25) is 0 Å². The average molecular weight is 528 g/mol. The van der Waals surface area contributed by atoms with Gasteiger partial charge < -0.3 is 4.74 Å². The molecule has 1 fully saturated rings. The van der Waals surface area contributed by atoms with Gasteiger partial charge in [-0.3, -0.25) is 0 Å². The SMILES string of the molecule is CCCCCCCCC(CCCCCCCC)CCOC(CCCCCCCBr)=C1CCC1. The molecule has 2 heteroatoms. The molecular weight excluding hydrogens is 468 g/mol. The number of allylic oxidation sites excluding steroid dienone is 2. The first-order chi connectivity index (χ1) is 16.3. The van der Waals surface area contributed by atoms with Crippen LogP contribution in [-0.4, -0.2) is 11.9 Å². The number of unbranched alkanes of at least 4 members (excludes halogenated alkanes) is 14. The summed E-state index contributed by atoms with van der Waals surface area (Å²) in [6.07, 6.45) is 33.2. The molecule has 0 heterocycles. The van der Waals surface area contributed by atoms with Gasteiger partial charge in [-0.1, -0.05) is 139 Å². The average Bonchev–Trinajstić information content (AvgIpc) is 2.78. The lowest BCUT2D eigenvalue weighted by molar-refractivity contribution is 0.166. The second kappa shape index (κ2) is 23.7. The molecule has 0 bridgehead atoms. The lowest BCUT2D eigenvalue weighted by atomic mass is 9.89. The first-order valence-corrected chi connectivity index (χ1v) is 16.3. The van der Waals surface area contributed by atoms with Crippen molar-refractivity contribution < 1.29 is 4.74 Å². The Morgan fingerprint density at radius 2 is 1.18 bits per heavy atom. The highest BCUT2D eigenvalue weighted by atomic mass is 79.9. The maximum atomic E-state index is 6.50. The van der Waals surface area contributed by atoms with E-state index in [0.717, 1.165) is 17.9 Å². The predicted molar refractivity (Wildman–Crippen MR) is 152 cm³/mol. The molecule has 0 amide bonds. The van der Waals surface area contributed by atoms with Crippen LogP contribution >= 0.6 is 15.9 Å². The number of hydrogen-bond acceptors (Lipinski definition) is 1. The normalized spacial score (nSPS) is 13.5. The van der Waals surface area contributed by atoms with E-state index in [1.165, 1.54) is 160 Å². The van der Waals surface area contributed by atoms with Gasteiger partial charge in [-0.05, 0) is 50.0 Å². The Bertz CT molecular complexity index is 422. The molecule has 0 atom stereocenters. The van der Waals surface area contributed by atoms with Crippen LogP contribution in [0.3, 0.4) is 0 Å². The van der Waals surface area contributed by atoms with E-state index >= 15 is 0 Å². The number of halogens is 1. The van der Waals surface area contributed by atoms with Crippen molar-refractivity contribution in [3.63, 3.8) is 0 Å². The van der Waals surface area contributed by atoms with Crippen molar-refractivity contribution in [1.82, 2.24) is 0 Å². The van der Waals surface area contributed by atoms with Crippen LogP contribution in [0, 0.1) is 5.92 Å². The van der Waals surface area contributed by atoms with Crippen molar-refractivity contribution in [2.75, 3.05) is 11.9 Å². The molecule has 0 aliphatic heterocycles. The van der Waals surface area contributed by atoms with Gasteiger partial charge in [0.15, 0.2) is 0 Å². The molecule has 0 radical (unpaired) electrons. The summed E-state index contributed by atoms with van der Waals surface area (Å²) in [5.74, 6) is 2.29. The number of ether oxygens (including phenoxy) is 1. The molecule has 1 saturated carbocycles. The third kappa shape index (κ3) is 18.0. The molecule has 0 aromatic heterocycles.